The minimum absolute atomic E-state index is 0.452. The van der Waals surface area contributed by atoms with Gasteiger partial charge in [0.25, 0.3) is 0 Å². The van der Waals surface area contributed by atoms with Crippen LogP contribution in [0.1, 0.15) is 98.3 Å². The lowest BCUT2D eigenvalue weighted by Crippen LogP contribution is -2.20. The predicted molar refractivity (Wildman–Crippen MR) is 88.4 cm³/mol. The molecule has 0 saturated heterocycles. The average molecular weight is 270 g/mol. The fourth-order valence-electron chi connectivity index (χ4n) is 2.62. The van der Waals surface area contributed by atoms with Gasteiger partial charge in [-0.25, -0.2) is 0 Å². The van der Waals surface area contributed by atoms with Crippen molar-refractivity contribution < 1.29 is 0 Å². The van der Waals surface area contributed by atoms with E-state index < -0.39 is 0 Å². The Morgan fingerprint density at radius 3 is 1.89 bits per heavy atom. The Labute approximate surface area is 122 Å². The smallest absolute Gasteiger partial charge is 0.00389 e. The van der Waals surface area contributed by atoms with Crippen molar-refractivity contribution in [3.8, 4) is 0 Å². The summed E-state index contributed by atoms with van der Waals surface area (Å²) in [7, 11) is 0. The summed E-state index contributed by atoms with van der Waals surface area (Å²) in [5.74, 6) is 1.80. The first-order valence-corrected chi connectivity index (χ1v) is 8.85. The number of unbranched alkanes of at least 4 members (excludes halogenated alkanes) is 3. The van der Waals surface area contributed by atoms with Crippen LogP contribution >= 0.6 is 0 Å². The molecule has 0 aliphatic heterocycles. The molecule has 0 aliphatic rings. The van der Waals surface area contributed by atoms with E-state index in [1.54, 1.807) is 0 Å². The molecule has 0 aliphatic carbocycles. The highest BCUT2D eigenvalue weighted by atomic mass is 14.6. The highest BCUT2D eigenvalue weighted by Gasteiger charge is 2.07. The molecule has 1 nitrogen and oxygen atoms in total. The van der Waals surface area contributed by atoms with Crippen LogP contribution < -0.4 is 5.73 Å². The summed E-state index contributed by atoms with van der Waals surface area (Å²) in [5.41, 5.74) is 6.13. The third-order valence-electron chi connectivity index (χ3n) is 4.55. The predicted octanol–water partition coefficient (Wildman–Crippen LogP) is 5.92. The standard InChI is InChI=1S/C18H39N/c1-5-7-13-18(19)15-14-17(4)12-10-8-9-11-16(3)6-2/h16-18H,5-15,19H2,1-4H3/t16?,17?,18-/m0/s1. The highest BCUT2D eigenvalue weighted by Crippen LogP contribution is 2.19. The fourth-order valence-corrected chi connectivity index (χ4v) is 2.62. The normalized spacial score (nSPS) is 16.3. The SMILES string of the molecule is CCCC[C@H](N)CCC(C)CCCCCC(C)CC. The van der Waals surface area contributed by atoms with Gasteiger partial charge < -0.3 is 5.73 Å². The van der Waals surface area contributed by atoms with E-state index in [0.717, 1.165) is 11.8 Å². The van der Waals surface area contributed by atoms with E-state index in [1.165, 1.54) is 70.6 Å². The van der Waals surface area contributed by atoms with Gasteiger partial charge in [-0.2, -0.15) is 0 Å². The molecular weight excluding hydrogens is 230 g/mol. The molecule has 2 unspecified atom stereocenters. The van der Waals surface area contributed by atoms with Crippen molar-refractivity contribution in [2.24, 2.45) is 17.6 Å². The van der Waals surface area contributed by atoms with E-state index >= 15 is 0 Å². The topological polar surface area (TPSA) is 26.0 Å². The minimum atomic E-state index is 0.452. The molecule has 0 amide bonds. The molecule has 0 spiro atoms. The van der Waals surface area contributed by atoms with Crippen LogP contribution in [-0.4, -0.2) is 6.04 Å². The quantitative estimate of drug-likeness (QED) is 0.413. The summed E-state index contributed by atoms with van der Waals surface area (Å²) < 4.78 is 0. The van der Waals surface area contributed by atoms with Crippen molar-refractivity contribution in [2.45, 2.75) is 104 Å². The summed E-state index contributed by atoms with van der Waals surface area (Å²) in [6, 6.07) is 0.452. The molecule has 0 bridgehead atoms. The van der Waals surface area contributed by atoms with Crippen LogP contribution in [0.5, 0.6) is 0 Å². The molecule has 19 heavy (non-hydrogen) atoms. The Morgan fingerprint density at radius 2 is 1.32 bits per heavy atom. The van der Waals surface area contributed by atoms with Gasteiger partial charge in [-0.1, -0.05) is 79.1 Å². The summed E-state index contributed by atoms with van der Waals surface area (Å²) in [6.45, 7) is 9.32. The van der Waals surface area contributed by atoms with Crippen LogP contribution in [0.25, 0.3) is 0 Å². The number of rotatable bonds is 13. The van der Waals surface area contributed by atoms with Crippen LogP contribution in [0.4, 0.5) is 0 Å². The lowest BCUT2D eigenvalue weighted by atomic mass is 9.93. The van der Waals surface area contributed by atoms with Crippen LogP contribution in [0.2, 0.25) is 0 Å². The molecule has 0 aromatic carbocycles. The number of hydrogen-bond donors (Lipinski definition) is 1. The second kappa shape index (κ2) is 13.0. The van der Waals surface area contributed by atoms with Crippen LogP contribution in [0.15, 0.2) is 0 Å². The summed E-state index contributed by atoms with van der Waals surface area (Å²) in [6.07, 6.45) is 14.8. The molecule has 0 aromatic rings. The molecule has 2 N–H and O–H groups in total. The van der Waals surface area contributed by atoms with Crippen molar-refractivity contribution >= 4 is 0 Å². The second-order valence-electron chi connectivity index (χ2n) is 6.74. The van der Waals surface area contributed by atoms with Crippen molar-refractivity contribution in [1.29, 1.82) is 0 Å². The van der Waals surface area contributed by atoms with Crippen molar-refractivity contribution in [3.63, 3.8) is 0 Å². The maximum absolute atomic E-state index is 6.13. The second-order valence-corrected chi connectivity index (χ2v) is 6.74. The van der Waals surface area contributed by atoms with Crippen LogP contribution in [-0.2, 0) is 0 Å². The van der Waals surface area contributed by atoms with Crippen LogP contribution in [0, 0.1) is 11.8 Å². The molecule has 0 saturated carbocycles. The lowest BCUT2D eigenvalue weighted by Gasteiger charge is -2.15. The van der Waals surface area contributed by atoms with Gasteiger partial charge in [0.1, 0.15) is 0 Å². The first kappa shape index (κ1) is 19.0. The van der Waals surface area contributed by atoms with Gasteiger partial charge in [-0.15, -0.1) is 0 Å². The van der Waals surface area contributed by atoms with Crippen molar-refractivity contribution in [1.82, 2.24) is 0 Å². The zero-order valence-electron chi connectivity index (χ0n) is 14.1. The summed E-state index contributed by atoms with van der Waals surface area (Å²) >= 11 is 0. The fraction of sp³-hybridized carbons (Fsp3) is 1.00. The molecule has 0 rings (SSSR count). The first-order valence-electron chi connectivity index (χ1n) is 8.85. The molecule has 0 fully saturated rings. The van der Waals surface area contributed by atoms with Gasteiger partial charge in [-0.3, -0.25) is 0 Å². The maximum Gasteiger partial charge on any atom is 0.00389 e. The molecular formula is C18H39N. The molecule has 3 atom stereocenters. The van der Waals surface area contributed by atoms with E-state index in [2.05, 4.69) is 27.7 Å². The number of hydrogen-bond acceptors (Lipinski definition) is 1. The summed E-state index contributed by atoms with van der Waals surface area (Å²) in [5, 5.41) is 0. The first-order chi connectivity index (χ1) is 9.10. The zero-order valence-corrected chi connectivity index (χ0v) is 14.1. The van der Waals surface area contributed by atoms with Gasteiger partial charge in [0.15, 0.2) is 0 Å². The Kier molecular flexibility index (Phi) is 12.9. The monoisotopic (exact) mass is 269 g/mol. The number of nitrogens with two attached hydrogens (primary N) is 1. The lowest BCUT2D eigenvalue weighted by molar-refractivity contribution is 0.404. The molecule has 116 valence electrons. The van der Waals surface area contributed by atoms with Crippen molar-refractivity contribution in [3.05, 3.63) is 0 Å². The van der Waals surface area contributed by atoms with E-state index in [1.807, 2.05) is 0 Å². The Bertz CT molecular complexity index is 179. The average Bonchev–Trinajstić information content (AvgIpc) is 2.42. The van der Waals surface area contributed by atoms with Crippen LogP contribution in [0.3, 0.4) is 0 Å². The third-order valence-corrected chi connectivity index (χ3v) is 4.55. The van der Waals surface area contributed by atoms with Gasteiger partial charge in [-0.05, 0) is 31.1 Å². The molecule has 0 aromatic heterocycles. The molecule has 1 heteroatoms. The molecule has 0 heterocycles. The zero-order chi connectivity index (χ0) is 14.5. The van der Waals surface area contributed by atoms with E-state index in [9.17, 15) is 0 Å². The van der Waals surface area contributed by atoms with E-state index in [-0.39, 0.29) is 0 Å². The largest absolute Gasteiger partial charge is 0.328 e. The maximum atomic E-state index is 6.13. The van der Waals surface area contributed by atoms with Gasteiger partial charge >= 0.3 is 0 Å². The molecule has 0 radical (unpaired) electrons. The van der Waals surface area contributed by atoms with Gasteiger partial charge in [0.2, 0.25) is 0 Å². The van der Waals surface area contributed by atoms with Crippen molar-refractivity contribution in [2.75, 3.05) is 0 Å². The Balaban J connectivity index is 3.36. The van der Waals surface area contributed by atoms with Gasteiger partial charge in [0, 0.05) is 6.04 Å². The highest BCUT2D eigenvalue weighted by molar-refractivity contribution is 4.64. The van der Waals surface area contributed by atoms with Gasteiger partial charge in [0.05, 0.1) is 0 Å². The Morgan fingerprint density at radius 1 is 0.684 bits per heavy atom. The summed E-state index contributed by atoms with van der Waals surface area (Å²) in [4.78, 5) is 0. The van der Waals surface area contributed by atoms with E-state index in [0.29, 0.717) is 6.04 Å². The minimum Gasteiger partial charge on any atom is -0.328 e. The Hall–Kier alpha value is -0.0400. The van der Waals surface area contributed by atoms with E-state index in [4.69, 9.17) is 5.73 Å². The third kappa shape index (κ3) is 12.7.